The number of hydrogen-bond acceptors (Lipinski definition) is 3. The van der Waals surface area contributed by atoms with E-state index in [0.29, 0.717) is 0 Å². The zero-order chi connectivity index (χ0) is 26.3. The van der Waals surface area contributed by atoms with Gasteiger partial charge in [0.1, 0.15) is 5.82 Å². The van der Waals surface area contributed by atoms with Gasteiger partial charge in [-0.2, -0.15) is 0 Å². The van der Waals surface area contributed by atoms with Gasteiger partial charge >= 0.3 is 0 Å². The number of anilines is 2. The predicted molar refractivity (Wildman–Crippen MR) is 165 cm³/mol. The van der Waals surface area contributed by atoms with Gasteiger partial charge in [0, 0.05) is 40.2 Å². The minimum absolute atomic E-state index is 0.249. The van der Waals surface area contributed by atoms with Crippen molar-refractivity contribution < 1.29 is 0 Å². The molecule has 0 spiro atoms. The summed E-state index contributed by atoms with van der Waals surface area (Å²) in [4.78, 5) is 7.06. The Bertz CT molecular complexity index is 1930. The molecular formula is C35H28N4. The highest BCUT2D eigenvalue weighted by Crippen LogP contribution is 2.45. The normalized spacial score (nSPS) is 13.9. The highest BCUT2D eigenvalue weighted by Gasteiger charge is 2.23. The van der Waals surface area contributed by atoms with Gasteiger partial charge in [-0.15, -0.1) is 0 Å². The van der Waals surface area contributed by atoms with Crippen LogP contribution in [0.25, 0.3) is 44.3 Å². The highest BCUT2D eigenvalue weighted by molar-refractivity contribution is 6.22. The third kappa shape index (κ3) is 3.72. The lowest BCUT2D eigenvalue weighted by molar-refractivity contribution is 0.951. The van der Waals surface area contributed by atoms with Gasteiger partial charge in [-0.05, 0) is 71.3 Å². The first-order valence-electron chi connectivity index (χ1n) is 13.3. The molecule has 6 aromatic rings. The van der Waals surface area contributed by atoms with Crippen LogP contribution in [0.4, 0.5) is 11.5 Å². The number of nitrogens with zero attached hydrogens (tertiary/aromatic N) is 3. The number of fused-ring (bicyclic) bond motifs is 4. The fourth-order valence-electron chi connectivity index (χ4n) is 5.79. The number of nitrogens with two attached hydrogens (primary N) is 1. The molecule has 0 bridgehead atoms. The molecule has 0 saturated carbocycles. The molecule has 0 amide bonds. The standard InChI is InChI=1S/C35H28N4/c1-24(10-7-8-20-36)26-17-18-33(37-23-26)38-21-19-29-34-25(11-9-16-31(34)38)22-32-35(29)28-14-5-6-15-30(28)39(32)27-12-3-2-4-13-27/h2-24H,36H2,1H3/b10-7-,20-8-. The van der Waals surface area contributed by atoms with E-state index in [-0.39, 0.29) is 5.92 Å². The van der Waals surface area contributed by atoms with E-state index in [1.807, 2.05) is 18.3 Å². The monoisotopic (exact) mass is 504 g/mol. The van der Waals surface area contributed by atoms with Gasteiger partial charge in [-0.25, -0.2) is 4.98 Å². The molecule has 188 valence electrons. The van der Waals surface area contributed by atoms with E-state index in [1.165, 1.54) is 43.8 Å². The molecule has 39 heavy (non-hydrogen) atoms. The second-order valence-electron chi connectivity index (χ2n) is 9.94. The molecule has 0 fully saturated rings. The molecule has 0 radical (unpaired) electrons. The molecule has 1 unspecified atom stereocenters. The summed E-state index contributed by atoms with van der Waals surface area (Å²) in [6.45, 7) is 2.16. The van der Waals surface area contributed by atoms with Gasteiger partial charge < -0.3 is 15.2 Å². The molecule has 4 aromatic carbocycles. The molecule has 1 aliphatic rings. The quantitative estimate of drug-likeness (QED) is 0.239. The predicted octanol–water partition coefficient (Wildman–Crippen LogP) is 8.59. The van der Waals surface area contributed by atoms with E-state index in [4.69, 9.17) is 10.7 Å². The lowest BCUT2D eigenvalue weighted by Crippen LogP contribution is -2.13. The fraction of sp³-hybridized carbons (Fsp3) is 0.0571. The number of benzene rings is 4. The second kappa shape index (κ2) is 9.34. The van der Waals surface area contributed by atoms with Crippen LogP contribution >= 0.6 is 0 Å². The Morgan fingerprint density at radius 2 is 1.67 bits per heavy atom. The number of para-hydroxylation sites is 2. The number of allylic oxidation sites excluding steroid dienone is 3. The molecule has 0 saturated heterocycles. The number of aromatic nitrogens is 2. The smallest absolute Gasteiger partial charge is 0.137 e. The first-order valence-corrected chi connectivity index (χ1v) is 13.3. The van der Waals surface area contributed by atoms with Crippen LogP contribution in [0, 0.1) is 0 Å². The Kier molecular flexibility index (Phi) is 5.52. The third-order valence-corrected chi connectivity index (χ3v) is 7.65. The van der Waals surface area contributed by atoms with Crippen LogP contribution in [-0.2, 0) is 0 Å². The van der Waals surface area contributed by atoms with Crippen LogP contribution in [0.2, 0.25) is 0 Å². The average molecular weight is 505 g/mol. The summed E-state index contributed by atoms with van der Waals surface area (Å²) in [6.07, 6.45) is 13.8. The van der Waals surface area contributed by atoms with Gasteiger partial charge in [0.25, 0.3) is 0 Å². The minimum atomic E-state index is 0.249. The summed E-state index contributed by atoms with van der Waals surface area (Å²) in [5.74, 6) is 1.15. The molecule has 0 aliphatic carbocycles. The Morgan fingerprint density at radius 1 is 0.821 bits per heavy atom. The van der Waals surface area contributed by atoms with Crippen molar-refractivity contribution in [3.05, 3.63) is 139 Å². The van der Waals surface area contributed by atoms with E-state index in [2.05, 4.69) is 126 Å². The van der Waals surface area contributed by atoms with Gasteiger partial charge in [0.2, 0.25) is 0 Å². The molecule has 1 aliphatic heterocycles. The van der Waals surface area contributed by atoms with Crippen molar-refractivity contribution in [2.75, 3.05) is 4.90 Å². The fourth-order valence-corrected chi connectivity index (χ4v) is 5.79. The first kappa shape index (κ1) is 23.1. The van der Waals surface area contributed by atoms with Crippen LogP contribution in [0.15, 0.2) is 128 Å². The van der Waals surface area contributed by atoms with Gasteiger partial charge in [-0.3, -0.25) is 0 Å². The summed E-state index contributed by atoms with van der Waals surface area (Å²) >= 11 is 0. The maximum atomic E-state index is 5.45. The van der Waals surface area contributed by atoms with Crippen molar-refractivity contribution in [1.29, 1.82) is 0 Å². The van der Waals surface area contributed by atoms with Crippen LogP contribution in [0.1, 0.15) is 24.0 Å². The number of pyridine rings is 1. The highest BCUT2D eigenvalue weighted by atomic mass is 15.2. The van der Waals surface area contributed by atoms with Crippen LogP contribution in [0.3, 0.4) is 0 Å². The molecule has 2 N–H and O–H groups in total. The molecule has 1 atom stereocenters. The maximum absolute atomic E-state index is 5.45. The molecular weight excluding hydrogens is 476 g/mol. The van der Waals surface area contributed by atoms with Gasteiger partial charge in [0.05, 0.1) is 16.7 Å². The number of hydrogen-bond donors (Lipinski definition) is 1. The lowest BCUT2D eigenvalue weighted by atomic mass is 9.94. The van der Waals surface area contributed by atoms with Crippen molar-refractivity contribution in [3.8, 4) is 5.69 Å². The average Bonchev–Trinajstić information content (AvgIpc) is 3.32. The Labute approximate surface area is 227 Å². The van der Waals surface area contributed by atoms with E-state index >= 15 is 0 Å². The molecule has 7 rings (SSSR count). The first-order chi connectivity index (χ1) is 19.2. The minimum Gasteiger partial charge on any atom is -0.405 e. The van der Waals surface area contributed by atoms with E-state index in [9.17, 15) is 0 Å². The van der Waals surface area contributed by atoms with Crippen LogP contribution in [-0.4, -0.2) is 9.55 Å². The second-order valence-corrected chi connectivity index (χ2v) is 9.94. The van der Waals surface area contributed by atoms with Crippen LogP contribution < -0.4 is 10.6 Å². The maximum Gasteiger partial charge on any atom is 0.137 e. The van der Waals surface area contributed by atoms with Crippen molar-refractivity contribution in [1.82, 2.24) is 9.55 Å². The molecule has 4 nitrogen and oxygen atoms in total. The number of rotatable bonds is 5. The van der Waals surface area contributed by atoms with Crippen molar-refractivity contribution in [2.45, 2.75) is 12.8 Å². The zero-order valence-corrected chi connectivity index (χ0v) is 21.7. The Hall–Kier alpha value is -5.09. The molecule has 4 heteroatoms. The van der Waals surface area contributed by atoms with E-state index in [0.717, 1.165) is 17.1 Å². The Balaban J connectivity index is 1.40. The summed E-state index contributed by atoms with van der Waals surface area (Å²) in [5.41, 5.74) is 12.6. The van der Waals surface area contributed by atoms with E-state index in [1.54, 1.807) is 6.20 Å². The summed E-state index contributed by atoms with van der Waals surface area (Å²) in [6, 6.07) is 32.5. The Morgan fingerprint density at radius 3 is 2.49 bits per heavy atom. The van der Waals surface area contributed by atoms with Crippen molar-refractivity contribution >= 4 is 50.2 Å². The van der Waals surface area contributed by atoms with Gasteiger partial charge in [0.15, 0.2) is 0 Å². The van der Waals surface area contributed by atoms with Gasteiger partial charge in [-0.1, -0.05) is 73.7 Å². The summed E-state index contributed by atoms with van der Waals surface area (Å²) in [7, 11) is 0. The lowest BCUT2D eigenvalue weighted by Gasteiger charge is -2.26. The summed E-state index contributed by atoms with van der Waals surface area (Å²) < 4.78 is 2.38. The van der Waals surface area contributed by atoms with Crippen molar-refractivity contribution in [3.63, 3.8) is 0 Å². The van der Waals surface area contributed by atoms with Crippen LogP contribution in [0.5, 0.6) is 0 Å². The third-order valence-electron chi connectivity index (χ3n) is 7.65. The SMILES string of the molecule is CC(/C=C\C=C/N)c1ccc(N2C=Cc3c4c2cccc4cc2c3c3ccccc3n2-c2ccccc2)nc1. The largest absolute Gasteiger partial charge is 0.405 e. The van der Waals surface area contributed by atoms with Crippen molar-refractivity contribution in [2.24, 2.45) is 5.73 Å². The molecule has 3 heterocycles. The molecule has 2 aromatic heterocycles. The zero-order valence-electron chi connectivity index (χ0n) is 21.7. The topological polar surface area (TPSA) is 47.1 Å². The summed E-state index contributed by atoms with van der Waals surface area (Å²) in [5, 5.41) is 5.00. The van der Waals surface area contributed by atoms with E-state index < -0.39 is 0 Å².